The van der Waals surface area contributed by atoms with E-state index in [1.54, 1.807) is 0 Å². The van der Waals surface area contributed by atoms with Crippen LogP contribution in [0.5, 0.6) is 0 Å². The van der Waals surface area contributed by atoms with Crippen molar-refractivity contribution in [2.24, 2.45) is 0 Å². The van der Waals surface area contributed by atoms with E-state index in [0.29, 0.717) is 0 Å². The van der Waals surface area contributed by atoms with Gasteiger partial charge in [-0.15, -0.1) is 0 Å². The average Bonchev–Trinajstić information content (AvgIpc) is 2.17. The van der Waals surface area contributed by atoms with Crippen LogP contribution in [0.1, 0.15) is 74.1 Å². The molecule has 0 aliphatic heterocycles. The highest BCUT2D eigenvalue weighted by Crippen LogP contribution is 2.28. The molecule has 2 heteroatoms. The normalized spacial score (nSPS) is 26.6. The number of hydrogen-bond donors (Lipinski definition) is 0. The van der Waals surface area contributed by atoms with E-state index >= 15 is 0 Å². The lowest BCUT2D eigenvalue weighted by molar-refractivity contribution is -0.166. The summed E-state index contributed by atoms with van der Waals surface area (Å²) in [5, 5.41) is 0. The molecule has 2 unspecified atom stereocenters. The Kier molecular flexibility index (Phi) is 5.64. The molecule has 0 N–H and O–H groups in total. The molecule has 0 amide bonds. The lowest BCUT2D eigenvalue weighted by Crippen LogP contribution is -2.41. The predicted octanol–water partition coefficient (Wildman–Crippen LogP) is 4.87. The minimum atomic E-state index is -0.110. The lowest BCUT2D eigenvalue weighted by Gasteiger charge is -2.37. The molecule has 0 fully saturated rings. The van der Waals surface area contributed by atoms with E-state index in [4.69, 9.17) is 9.47 Å². The van der Waals surface area contributed by atoms with Crippen molar-refractivity contribution in [3.05, 3.63) is 11.6 Å². The summed E-state index contributed by atoms with van der Waals surface area (Å²) in [5.74, 6) is 0. The van der Waals surface area contributed by atoms with Crippen LogP contribution in [0, 0.1) is 0 Å². The molecule has 0 saturated heterocycles. The zero-order valence-corrected chi connectivity index (χ0v) is 13.9. The lowest BCUT2D eigenvalue weighted by atomic mass is 9.95. The van der Waals surface area contributed by atoms with Crippen LogP contribution >= 0.6 is 0 Å². The summed E-state index contributed by atoms with van der Waals surface area (Å²) < 4.78 is 12.5. The fraction of sp³-hybridized carbons (Fsp3) is 0.882. The maximum absolute atomic E-state index is 6.27. The monoisotopic (exact) mass is 268 g/mol. The molecule has 0 aromatic rings. The van der Waals surface area contributed by atoms with Gasteiger partial charge >= 0.3 is 0 Å². The van der Waals surface area contributed by atoms with Gasteiger partial charge in [0, 0.05) is 0 Å². The van der Waals surface area contributed by atoms with Gasteiger partial charge in [-0.2, -0.15) is 0 Å². The van der Waals surface area contributed by atoms with Crippen LogP contribution in [-0.4, -0.2) is 23.4 Å². The zero-order valence-electron chi connectivity index (χ0n) is 13.9. The zero-order chi connectivity index (χ0) is 14.7. The summed E-state index contributed by atoms with van der Waals surface area (Å²) in [5.41, 5.74) is 1.26. The van der Waals surface area contributed by atoms with Gasteiger partial charge in [0.1, 0.15) is 0 Å². The number of allylic oxidation sites excluding steroid dienone is 2. The minimum absolute atomic E-state index is 0.109. The Bertz CT molecular complexity index is 304. The van der Waals surface area contributed by atoms with Crippen LogP contribution in [0.4, 0.5) is 0 Å². The molecule has 1 aliphatic rings. The minimum Gasteiger partial charge on any atom is -0.370 e. The van der Waals surface area contributed by atoms with Gasteiger partial charge in [-0.25, -0.2) is 0 Å². The highest BCUT2D eigenvalue weighted by atomic mass is 16.6. The van der Waals surface area contributed by atoms with Crippen LogP contribution < -0.4 is 0 Å². The number of rotatable bonds is 2. The molecule has 1 aliphatic carbocycles. The largest absolute Gasteiger partial charge is 0.370 e. The molecule has 2 atom stereocenters. The van der Waals surface area contributed by atoms with Crippen LogP contribution in [0.25, 0.3) is 0 Å². The maximum atomic E-state index is 6.27. The second-order valence-corrected chi connectivity index (χ2v) is 7.70. The standard InChI is InChI=1S/C17H32O2/c1-13-9-8-10-14(18-16(2,3)4)15(12-11-13)19-17(5,6)7/h9,14-15H,8,10-12H2,1-7H3. The molecule has 0 radical (unpaired) electrons. The van der Waals surface area contributed by atoms with Crippen LogP contribution in [-0.2, 0) is 9.47 Å². The van der Waals surface area contributed by atoms with E-state index in [-0.39, 0.29) is 23.4 Å². The van der Waals surface area contributed by atoms with Crippen molar-refractivity contribution in [2.75, 3.05) is 0 Å². The molecule has 19 heavy (non-hydrogen) atoms. The summed E-state index contributed by atoms with van der Waals surface area (Å²) in [4.78, 5) is 0. The van der Waals surface area contributed by atoms with Gasteiger partial charge in [0.15, 0.2) is 0 Å². The molecule has 0 saturated carbocycles. The van der Waals surface area contributed by atoms with Crippen molar-refractivity contribution in [2.45, 2.75) is 97.6 Å². The van der Waals surface area contributed by atoms with Gasteiger partial charge in [0.25, 0.3) is 0 Å². The fourth-order valence-corrected chi connectivity index (χ4v) is 2.52. The van der Waals surface area contributed by atoms with Crippen LogP contribution in [0.15, 0.2) is 11.6 Å². The first-order valence-corrected chi connectivity index (χ1v) is 7.58. The van der Waals surface area contributed by atoms with E-state index in [1.165, 1.54) is 5.57 Å². The van der Waals surface area contributed by atoms with Crippen molar-refractivity contribution >= 4 is 0 Å². The third kappa shape index (κ3) is 7.12. The van der Waals surface area contributed by atoms with Gasteiger partial charge < -0.3 is 9.47 Å². The molecule has 112 valence electrons. The molecule has 0 aromatic carbocycles. The second-order valence-electron chi connectivity index (χ2n) is 7.70. The van der Waals surface area contributed by atoms with E-state index < -0.39 is 0 Å². The van der Waals surface area contributed by atoms with E-state index in [9.17, 15) is 0 Å². The first-order valence-electron chi connectivity index (χ1n) is 7.58. The Labute approximate surface area is 119 Å². The molecule has 0 spiro atoms. The van der Waals surface area contributed by atoms with Crippen molar-refractivity contribution < 1.29 is 9.47 Å². The second kappa shape index (κ2) is 6.41. The topological polar surface area (TPSA) is 18.5 Å². The molecular formula is C17H32O2. The van der Waals surface area contributed by atoms with Gasteiger partial charge in [-0.05, 0) is 74.1 Å². The average molecular weight is 268 g/mol. The Morgan fingerprint density at radius 3 is 1.84 bits per heavy atom. The Hall–Kier alpha value is -0.340. The quantitative estimate of drug-likeness (QED) is 0.665. The molecule has 2 nitrogen and oxygen atoms in total. The van der Waals surface area contributed by atoms with Crippen LogP contribution in [0.2, 0.25) is 0 Å². The van der Waals surface area contributed by atoms with Crippen LogP contribution in [0.3, 0.4) is 0 Å². The van der Waals surface area contributed by atoms with Gasteiger partial charge in [-0.3, -0.25) is 0 Å². The van der Waals surface area contributed by atoms with E-state index in [1.807, 2.05) is 0 Å². The number of ether oxygens (including phenoxy) is 2. The Morgan fingerprint density at radius 2 is 1.37 bits per heavy atom. The SMILES string of the molecule is CC1=CCCC(OC(C)(C)C)C(OC(C)(C)C)CC1. The molecule has 0 aromatic heterocycles. The van der Waals surface area contributed by atoms with Gasteiger partial charge in [0.2, 0.25) is 0 Å². The third-order valence-corrected chi connectivity index (χ3v) is 3.19. The Morgan fingerprint density at radius 1 is 0.895 bits per heavy atom. The van der Waals surface area contributed by atoms with Gasteiger partial charge in [0.05, 0.1) is 23.4 Å². The van der Waals surface area contributed by atoms with Gasteiger partial charge in [-0.1, -0.05) is 11.6 Å². The molecule has 1 rings (SSSR count). The van der Waals surface area contributed by atoms with Crippen molar-refractivity contribution in [3.63, 3.8) is 0 Å². The van der Waals surface area contributed by atoms with Crippen molar-refractivity contribution in [1.29, 1.82) is 0 Å². The summed E-state index contributed by atoms with van der Waals surface area (Å²) in [6.45, 7) is 15.0. The first-order chi connectivity index (χ1) is 8.57. The third-order valence-electron chi connectivity index (χ3n) is 3.19. The van der Waals surface area contributed by atoms with Crippen molar-refractivity contribution in [3.8, 4) is 0 Å². The molecule has 0 bridgehead atoms. The highest BCUT2D eigenvalue weighted by molar-refractivity contribution is 5.01. The molecule has 0 heterocycles. The Balaban J connectivity index is 2.79. The summed E-state index contributed by atoms with van der Waals surface area (Å²) >= 11 is 0. The highest BCUT2D eigenvalue weighted by Gasteiger charge is 2.31. The van der Waals surface area contributed by atoms with E-state index in [0.717, 1.165) is 25.7 Å². The summed E-state index contributed by atoms with van der Waals surface area (Å²) in [6.07, 6.45) is 7.06. The van der Waals surface area contributed by atoms with E-state index in [2.05, 4.69) is 54.5 Å². The first kappa shape index (κ1) is 16.7. The smallest absolute Gasteiger partial charge is 0.0847 e. The summed E-state index contributed by atoms with van der Waals surface area (Å²) in [7, 11) is 0. The predicted molar refractivity (Wildman–Crippen MR) is 81.5 cm³/mol. The molecular weight excluding hydrogens is 236 g/mol. The van der Waals surface area contributed by atoms with Crippen molar-refractivity contribution in [1.82, 2.24) is 0 Å². The number of hydrogen-bond acceptors (Lipinski definition) is 2. The fourth-order valence-electron chi connectivity index (χ4n) is 2.52. The summed E-state index contributed by atoms with van der Waals surface area (Å²) in [6, 6.07) is 0. The maximum Gasteiger partial charge on any atom is 0.0847 e.